The third-order valence-corrected chi connectivity index (χ3v) is 4.20. The lowest BCUT2D eigenvalue weighted by atomic mass is 10.1. The molecule has 1 aromatic heterocycles. The number of ether oxygens (including phenoxy) is 2. The van der Waals surface area contributed by atoms with Gasteiger partial charge in [-0.05, 0) is 18.2 Å². The normalized spacial score (nSPS) is 15.9. The molecule has 23 heavy (non-hydrogen) atoms. The summed E-state index contributed by atoms with van der Waals surface area (Å²) in [6.07, 6.45) is 0. The number of hydrogen-bond donors (Lipinski definition) is 0. The first kappa shape index (κ1) is 14.0. The SMILES string of the molecule is CC(C)c1nnc2n1CCN(C(=O)c1ccc3c(c1)OCO3)C2. The minimum absolute atomic E-state index is 0.0244. The van der Waals surface area contributed by atoms with Gasteiger partial charge in [-0.25, -0.2) is 0 Å². The zero-order valence-electron chi connectivity index (χ0n) is 13.2. The molecular weight excluding hydrogens is 296 g/mol. The van der Waals surface area contributed by atoms with Crippen molar-refractivity contribution in [3.8, 4) is 11.5 Å². The lowest BCUT2D eigenvalue weighted by Crippen LogP contribution is -2.38. The molecular formula is C16H18N4O3. The van der Waals surface area contributed by atoms with E-state index in [4.69, 9.17) is 9.47 Å². The maximum absolute atomic E-state index is 12.7. The molecule has 0 atom stereocenters. The molecule has 0 N–H and O–H groups in total. The Morgan fingerprint density at radius 2 is 2.00 bits per heavy atom. The van der Waals surface area contributed by atoms with Crippen molar-refractivity contribution in [3.05, 3.63) is 35.4 Å². The third-order valence-electron chi connectivity index (χ3n) is 4.20. The first-order chi connectivity index (χ1) is 11.1. The predicted octanol–water partition coefficient (Wildman–Crippen LogP) is 1.79. The summed E-state index contributed by atoms with van der Waals surface area (Å²) in [7, 11) is 0. The van der Waals surface area contributed by atoms with Gasteiger partial charge in [-0.1, -0.05) is 13.8 Å². The second-order valence-electron chi connectivity index (χ2n) is 6.08. The van der Waals surface area contributed by atoms with Crippen LogP contribution in [0.1, 0.15) is 41.8 Å². The Kier molecular flexibility index (Phi) is 3.21. The molecule has 7 nitrogen and oxygen atoms in total. The van der Waals surface area contributed by atoms with Crippen LogP contribution in [-0.4, -0.2) is 38.9 Å². The molecule has 0 fully saturated rings. The molecule has 1 amide bonds. The molecule has 7 heteroatoms. The topological polar surface area (TPSA) is 69.5 Å². The maximum atomic E-state index is 12.7. The predicted molar refractivity (Wildman–Crippen MR) is 81.4 cm³/mol. The summed E-state index contributed by atoms with van der Waals surface area (Å²) in [6.45, 7) is 6.26. The van der Waals surface area contributed by atoms with Crippen molar-refractivity contribution in [2.24, 2.45) is 0 Å². The van der Waals surface area contributed by atoms with E-state index < -0.39 is 0 Å². The number of aromatic nitrogens is 3. The van der Waals surface area contributed by atoms with Crippen LogP contribution < -0.4 is 9.47 Å². The van der Waals surface area contributed by atoms with Gasteiger partial charge in [0.05, 0.1) is 6.54 Å². The average Bonchev–Trinajstić information content (AvgIpc) is 3.19. The average molecular weight is 314 g/mol. The fraction of sp³-hybridized carbons (Fsp3) is 0.438. The van der Waals surface area contributed by atoms with Crippen LogP contribution in [0.25, 0.3) is 0 Å². The molecule has 0 aliphatic carbocycles. The lowest BCUT2D eigenvalue weighted by Gasteiger charge is -2.28. The Balaban J connectivity index is 1.56. The number of hydrogen-bond acceptors (Lipinski definition) is 5. The lowest BCUT2D eigenvalue weighted by molar-refractivity contribution is 0.0706. The Hall–Kier alpha value is -2.57. The number of carbonyl (C=O) groups is 1. The van der Waals surface area contributed by atoms with Gasteiger partial charge < -0.3 is 18.9 Å². The van der Waals surface area contributed by atoms with Crippen molar-refractivity contribution in [2.75, 3.05) is 13.3 Å². The Bertz CT molecular complexity index is 769. The van der Waals surface area contributed by atoms with Crippen LogP contribution in [-0.2, 0) is 13.1 Å². The molecule has 0 unspecified atom stereocenters. The summed E-state index contributed by atoms with van der Waals surface area (Å²) in [4.78, 5) is 14.5. The summed E-state index contributed by atoms with van der Waals surface area (Å²) < 4.78 is 12.7. The molecule has 3 heterocycles. The van der Waals surface area contributed by atoms with E-state index in [1.165, 1.54) is 0 Å². The number of benzene rings is 1. The fourth-order valence-corrected chi connectivity index (χ4v) is 2.99. The zero-order chi connectivity index (χ0) is 16.0. The van der Waals surface area contributed by atoms with Gasteiger partial charge in [-0.15, -0.1) is 10.2 Å². The van der Waals surface area contributed by atoms with E-state index in [0.29, 0.717) is 36.1 Å². The van der Waals surface area contributed by atoms with Crippen LogP contribution in [0.15, 0.2) is 18.2 Å². The maximum Gasteiger partial charge on any atom is 0.254 e. The van der Waals surface area contributed by atoms with Gasteiger partial charge in [0.25, 0.3) is 5.91 Å². The van der Waals surface area contributed by atoms with Gasteiger partial charge in [-0.3, -0.25) is 4.79 Å². The van der Waals surface area contributed by atoms with Gasteiger partial charge in [0.2, 0.25) is 6.79 Å². The molecule has 0 saturated heterocycles. The summed E-state index contributed by atoms with van der Waals surface area (Å²) in [5.74, 6) is 3.43. The van der Waals surface area contributed by atoms with E-state index >= 15 is 0 Å². The van der Waals surface area contributed by atoms with E-state index in [1.54, 1.807) is 23.1 Å². The number of rotatable bonds is 2. The van der Waals surface area contributed by atoms with Crippen molar-refractivity contribution >= 4 is 5.91 Å². The minimum atomic E-state index is -0.0244. The largest absolute Gasteiger partial charge is 0.454 e. The summed E-state index contributed by atoms with van der Waals surface area (Å²) in [5.41, 5.74) is 0.603. The van der Waals surface area contributed by atoms with Gasteiger partial charge in [0, 0.05) is 24.6 Å². The molecule has 4 rings (SSSR count). The molecule has 1 aromatic carbocycles. The number of nitrogens with zero attached hydrogens (tertiary/aromatic N) is 4. The third kappa shape index (κ3) is 2.32. The smallest absolute Gasteiger partial charge is 0.254 e. The minimum Gasteiger partial charge on any atom is -0.454 e. The molecule has 0 spiro atoms. The second kappa shape index (κ2) is 5.26. The molecule has 0 bridgehead atoms. The van der Waals surface area contributed by atoms with E-state index in [2.05, 4.69) is 28.6 Å². The van der Waals surface area contributed by atoms with Crippen molar-refractivity contribution in [1.82, 2.24) is 19.7 Å². The first-order valence-electron chi connectivity index (χ1n) is 7.74. The molecule has 2 aliphatic rings. The number of amides is 1. The Morgan fingerprint density at radius 3 is 2.83 bits per heavy atom. The van der Waals surface area contributed by atoms with Crippen molar-refractivity contribution in [3.63, 3.8) is 0 Å². The van der Waals surface area contributed by atoms with Gasteiger partial charge in [0.15, 0.2) is 17.3 Å². The molecule has 120 valence electrons. The van der Waals surface area contributed by atoms with Crippen LogP contribution >= 0.6 is 0 Å². The standard InChI is InChI=1S/C16H18N4O3/c1-10(2)15-18-17-14-8-19(5-6-20(14)15)16(21)11-3-4-12-13(7-11)23-9-22-12/h3-4,7,10H,5-6,8-9H2,1-2H3. The Morgan fingerprint density at radius 1 is 1.17 bits per heavy atom. The molecule has 2 aliphatic heterocycles. The van der Waals surface area contributed by atoms with Crippen molar-refractivity contribution in [2.45, 2.75) is 32.9 Å². The highest BCUT2D eigenvalue weighted by molar-refractivity contribution is 5.95. The molecule has 0 radical (unpaired) electrons. The van der Waals surface area contributed by atoms with Crippen molar-refractivity contribution in [1.29, 1.82) is 0 Å². The highest BCUT2D eigenvalue weighted by Gasteiger charge is 2.27. The molecule has 0 saturated carbocycles. The van der Waals surface area contributed by atoms with Gasteiger partial charge in [0.1, 0.15) is 5.82 Å². The van der Waals surface area contributed by atoms with Crippen LogP contribution in [0, 0.1) is 0 Å². The number of carbonyl (C=O) groups excluding carboxylic acids is 1. The van der Waals surface area contributed by atoms with E-state index in [9.17, 15) is 4.79 Å². The van der Waals surface area contributed by atoms with Crippen molar-refractivity contribution < 1.29 is 14.3 Å². The monoisotopic (exact) mass is 314 g/mol. The quantitative estimate of drug-likeness (QED) is 0.845. The summed E-state index contributed by atoms with van der Waals surface area (Å²) in [5, 5.41) is 8.49. The zero-order valence-corrected chi connectivity index (χ0v) is 13.2. The number of fused-ring (bicyclic) bond motifs is 2. The van der Waals surface area contributed by atoms with Crippen LogP contribution in [0.4, 0.5) is 0 Å². The van der Waals surface area contributed by atoms with Crippen LogP contribution in [0.2, 0.25) is 0 Å². The second-order valence-corrected chi connectivity index (χ2v) is 6.08. The van der Waals surface area contributed by atoms with E-state index in [0.717, 1.165) is 18.2 Å². The van der Waals surface area contributed by atoms with Crippen LogP contribution in [0.5, 0.6) is 11.5 Å². The van der Waals surface area contributed by atoms with Gasteiger partial charge >= 0.3 is 0 Å². The van der Waals surface area contributed by atoms with E-state index in [-0.39, 0.29) is 12.7 Å². The highest BCUT2D eigenvalue weighted by atomic mass is 16.7. The van der Waals surface area contributed by atoms with Crippen LogP contribution in [0.3, 0.4) is 0 Å². The fourth-order valence-electron chi connectivity index (χ4n) is 2.99. The first-order valence-corrected chi connectivity index (χ1v) is 7.74. The Labute approximate surface area is 133 Å². The molecule has 2 aromatic rings. The summed E-state index contributed by atoms with van der Waals surface area (Å²) in [6, 6.07) is 5.29. The summed E-state index contributed by atoms with van der Waals surface area (Å²) >= 11 is 0. The van der Waals surface area contributed by atoms with E-state index in [1.807, 2.05) is 0 Å². The highest BCUT2D eigenvalue weighted by Crippen LogP contribution is 2.33. The van der Waals surface area contributed by atoms with Gasteiger partial charge in [-0.2, -0.15) is 0 Å².